The summed E-state index contributed by atoms with van der Waals surface area (Å²) in [4.78, 5) is 0. The Labute approximate surface area is 110 Å². The van der Waals surface area contributed by atoms with Crippen LogP contribution in [0.3, 0.4) is 0 Å². The average Bonchev–Trinajstić information content (AvgIpc) is 3.01. The number of nitrogens with zero attached hydrogens (tertiary/aromatic N) is 1. The van der Waals surface area contributed by atoms with Gasteiger partial charge in [-0.05, 0) is 44.5 Å². The van der Waals surface area contributed by atoms with E-state index in [9.17, 15) is 8.78 Å². The maximum Gasteiger partial charge on any atom is 0.131 e. The highest BCUT2D eigenvalue weighted by Crippen LogP contribution is 2.34. The maximum absolute atomic E-state index is 14.0. The number of H-pyrrole nitrogens is 1. The van der Waals surface area contributed by atoms with Crippen molar-refractivity contribution < 1.29 is 8.78 Å². The predicted molar refractivity (Wildman–Crippen MR) is 68.7 cm³/mol. The molecule has 0 spiro atoms. The molecule has 1 unspecified atom stereocenters. The van der Waals surface area contributed by atoms with E-state index in [2.05, 4.69) is 15.5 Å². The van der Waals surface area contributed by atoms with Gasteiger partial charge in [0.2, 0.25) is 0 Å². The Kier molecular flexibility index (Phi) is 3.06. The lowest BCUT2D eigenvalue weighted by molar-refractivity contribution is 0.600. The second-order valence-corrected chi connectivity index (χ2v) is 4.88. The largest absolute Gasteiger partial charge is 0.309 e. The minimum absolute atomic E-state index is 0.114. The van der Waals surface area contributed by atoms with Crippen LogP contribution in [0.4, 0.5) is 8.78 Å². The van der Waals surface area contributed by atoms with E-state index in [4.69, 9.17) is 0 Å². The van der Waals surface area contributed by atoms with Crippen LogP contribution >= 0.6 is 0 Å². The number of nitrogens with one attached hydrogen (secondary N) is 2. The monoisotopic (exact) mass is 263 g/mol. The first-order valence-corrected chi connectivity index (χ1v) is 6.40. The summed E-state index contributed by atoms with van der Waals surface area (Å²) in [6.45, 7) is 2.76. The number of aromatic nitrogens is 2. The Morgan fingerprint density at radius 3 is 2.89 bits per heavy atom. The fraction of sp³-hybridized carbons (Fsp3) is 0.357. The molecule has 0 amide bonds. The van der Waals surface area contributed by atoms with Gasteiger partial charge in [0.15, 0.2) is 0 Å². The number of benzene rings is 1. The number of hydrogen-bond acceptors (Lipinski definition) is 2. The summed E-state index contributed by atoms with van der Waals surface area (Å²) in [5.41, 5.74) is 2.49. The van der Waals surface area contributed by atoms with Crippen LogP contribution < -0.4 is 5.32 Å². The molecule has 19 heavy (non-hydrogen) atoms. The third-order valence-corrected chi connectivity index (χ3v) is 3.56. The number of aryl methyl sites for hydroxylation is 1. The summed E-state index contributed by atoms with van der Waals surface area (Å²) in [5.74, 6) is -0.868. The molecule has 2 heterocycles. The van der Waals surface area contributed by atoms with Crippen molar-refractivity contribution in [2.75, 3.05) is 6.54 Å². The van der Waals surface area contributed by atoms with Crippen LogP contribution in [-0.2, 0) is 0 Å². The number of halogens is 2. The fourth-order valence-corrected chi connectivity index (χ4v) is 2.65. The van der Waals surface area contributed by atoms with E-state index in [0.717, 1.165) is 42.9 Å². The van der Waals surface area contributed by atoms with Crippen molar-refractivity contribution in [3.05, 3.63) is 41.2 Å². The molecule has 1 aliphatic heterocycles. The van der Waals surface area contributed by atoms with E-state index in [-0.39, 0.29) is 11.6 Å². The van der Waals surface area contributed by atoms with E-state index in [1.54, 1.807) is 0 Å². The molecule has 1 fully saturated rings. The molecule has 1 atom stereocenters. The Morgan fingerprint density at radius 1 is 1.32 bits per heavy atom. The topological polar surface area (TPSA) is 40.7 Å². The van der Waals surface area contributed by atoms with E-state index < -0.39 is 11.6 Å². The second-order valence-electron chi connectivity index (χ2n) is 4.88. The zero-order valence-corrected chi connectivity index (χ0v) is 10.6. The van der Waals surface area contributed by atoms with Gasteiger partial charge < -0.3 is 5.32 Å². The van der Waals surface area contributed by atoms with Crippen LogP contribution in [0.2, 0.25) is 0 Å². The van der Waals surface area contributed by atoms with Crippen molar-refractivity contribution in [1.82, 2.24) is 15.5 Å². The van der Waals surface area contributed by atoms with Gasteiger partial charge in [0, 0.05) is 16.8 Å². The minimum atomic E-state index is -0.442. The smallest absolute Gasteiger partial charge is 0.131 e. The Morgan fingerprint density at radius 2 is 2.16 bits per heavy atom. The summed E-state index contributed by atoms with van der Waals surface area (Å²) < 4.78 is 27.3. The van der Waals surface area contributed by atoms with Gasteiger partial charge in [-0.15, -0.1) is 0 Å². The number of rotatable bonds is 2. The van der Waals surface area contributed by atoms with Crippen molar-refractivity contribution >= 4 is 0 Å². The van der Waals surface area contributed by atoms with Gasteiger partial charge >= 0.3 is 0 Å². The van der Waals surface area contributed by atoms with Gasteiger partial charge in [0.1, 0.15) is 11.6 Å². The summed E-state index contributed by atoms with van der Waals surface area (Å²) in [6.07, 6.45) is 2.04. The lowest BCUT2D eigenvalue weighted by Gasteiger charge is -2.11. The number of aromatic amines is 1. The van der Waals surface area contributed by atoms with Crippen LogP contribution in [0.1, 0.15) is 30.3 Å². The highest BCUT2D eigenvalue weighted by molar-refractivity contribution is 5.69. The van der Waals surface area contributed by atoms with Crippen molar-refractivity contribution in [1.29, 1.82) is 0 Å². The zero-order valence-electron chi connectivity index (χ0n) is 10.6. The first kappa shape index (κ1) is 12.3. The van der Waals surface area contributed by atoms with E-state index in [1.807, 2.05) is 6.92 Å². The standard InChI is InChI=1S/C14H15F2N3/c1-8-13(10-7-9(15)4-5-11(10)16)14(19-18-8)12-3-2-6-17-12/h4-5,7,12,17H,2-3,6H2,1H3,(H,18,19). The quantitative estimate of drug-likeness (QED) is 0.874. The van der Waals surface area contributed by atoms with Crippen molar-refractivity contribution in [2.24, 2.45) is 0 Å². The van der Waals surface area contributed by atoms with E-state index in [0.29, 0.717) is 5.56 Å². The van der Waals surface area contributed by atoms with Crippen LogP contribution in [-0.4, -0.2) is 16.7 Å². The van der Waals surface area contributed by atoms with Crippen molar-refractivity contribution in [2.45, 2.75) is 25.8 Å². The van der Waals surface area contributed by atoms with E-state index in [1.165, 1.54) is 6.07 Å². The first-order valence-electron chi connectivity index (χ1n) is 6.40. The summed E-state index contributed by atoms with van der Waals surface area (Å²) in [6, 6.07) is 3.62. The van der Waals surface area contributed by atoms with E-state index >= 15 is 0 Å². The molecule has 0 bridgehead atoms. The molecule has 0 aliphatic carbocycles. The summed E-state index contributed by atoms with van der Waals surface area (Å²) in [7, 11) is 0. The lowest BCUT2D eigenvalue weighted by Crippen LogP contribution is -2.14. The average molecular weight is 263 g/mol. The third kappa shape index (κ3) is 2.14. The molecule has 3 nitrogen and oxygen atoms in total. The van der Waals surface area contributed by atoms with Crippen LogP contribution in [0.25, 0.3) is 11.1 Å². The third-order valence-electron chi connectivity index (χ3n) is 3.56. The molecule has 1 aromatic heterocycles. The van der Waals surface area contributed by atoms with Crippen LogP contribution in [0, 0.1) is 18.6 Å². The summed E-state index contributed by atoms with van der Waals surface area (Å²) in [5, 5.41) is 10.5. The van der Waals surface area contributed by atoms with Gasteiger partial charge in [-0.3, -0.25) is 5.10 Å². The first-order chi connectivity index (χ1) is 9.16. The fourth-order valence-electron chi connectivity index (χ4n) is 2.65. The van der Waals surface area contributed by atoms with Crippen LogP contribution in [0.5, 0.6) is 0 Å². The lowest BCUT2D eigenvalue weighted by atomic mass is 9.98. The Hall–Kier alpha value is -1.75. The van der Waals surface area contributed by atoms with Crippen molar-refractivity contribution in [3.63, 3.8) is 0 Å². The molecule has 2 N–H and O–H groups in total. The van der Waals surface area contributed by atoms with Crippen LogP contribution in [0.15, 0.2) is 18.2 Å². The molecule has 0 saturated carbocycles. The van der Waals surface area contributed by atoms with Crippen molar-refractivity contribution in [3.8, 4) is 11.1 Å². The SMILES string of the molecule is Cc1[nH]nc(C2CCCN2)c1-c1cc(F)ccc1F. The molecule has 2 aromatic rings. The Balaban J connectivity index is 2.13. The molecule has 0 radical (unpaired) electrons. The number of hydrogen-bond donors (Lipinski definition) is 2. The molecular formula is C14H15F2N3. The molecule has 1 saturated heterocycles. The van der Waals surface area contributed by atoms with Gasteiger partial charge in [-0.2, -0.15) is 5.10 Å². The highest BCUT2D eigenvalue weighted by Gasteiger charge is 2.25. The molecule has 5 heteroatoms. The minimum Gasteiger partial charge on any atom is -0.309 e. The van der Waals surface area contributed by atoms with Gasteiger partial charge in [-0.25, -0.2) is 8.78 Å². The molecule has 100 valence electrons. The molecule has 3 rings (SSSR count). The summed E-state index contributed by atoms with van der Waals surface area (Å²) >= 11 is 0. The zero-order chi connectivity index (χ0) is 13.4. The molecule has 1 aromatic carbocycles. The highest BCUT2D eigenvalue weighted by atomic mass is 19.1. The van der Waals surface area contributed by atoms with Gasteiger partial charge in [-0.1, -0.05) is 0 Å². The second kappa shape index (κ2) is 4.74. The predicted octanol–water partition coefficient (Wildman–Crippen LogP) is 3.09. The maximum atomic E-state index is 14.0. The molecular weight excluding hydrogens is 248 g/mol. The normalized spacial score (nSPS) is 19.0. The van der Waals surface area contributed by atoms with Gasteiger partial charge in [0.05, 0.1) is 11.7 Å². The molecule has 1 aliphatic rings. The van der Waals surface area contributed by atoms with Gasteiger partial charge in [0.25, 0.3) is 0 Å². The Bertz CT molecular complexity index is 601.